The van der Waals surface area contributed by atoms with Crippen molar-refractivity contribution >= 4 is 27.3 Å². The van der Waals surface area contributed by atoms with Gasteiger partial charge in [-0.1, -0.05) is 30.3 Å². The van der Waals surface area contributed by atoms with Gasteiger partial charge in [-0.15, -0.1) is 0 Å². The first kappa shape index (κ1) is 15.6. The van der Waals surface area contributed by atoms with Gasteiger partial charge >= 0.3 is 0 Å². The molecule has 1 aromatic carbocycles. The molecule has 0 saturated carbocycles. The van der Waals surface area contributed by atoms with Gasteiger partial charge in [-0.25, -0.2) is 9.50 Å². The minimum Gasteiger partial charge on any atom is -0.365 e. The van der Waals surface area contributed by atoms with Crippen molar-refractivity contribution in [2.45, 2.75) is 25.4 Å². The van der Waals surface area contributed by atoms with Crippen LogP contribution in [-0.4, -0.2) is 38.6 Å². The van der Waals surface area contributed by atoms with Gasteiger partial charge < -0.3 is 5.32 Å². The van der Waals surface area contributed by atoms with Crippen LogP contribution in [0.5, 0.6) is 0 Å². The van der Waals surface area contributed by atoms with Crippen LogP contribution in [0, 0.1) is 0 Å². The van der Waals surface area contributed by atoms with Gasteiger partial charge in [-0.2, -0.15) is 5.10 Å². The predicted molar refractivity (Wildman–Crippen MR) is 99.1 cm³/mol. The largest absolute Gasteiger partial charge is 0.365 e. The van der Waals surface area contributed by atoms with E-state index < -0.39 is 0 Å². The van der Waals surface area contributed by atoms with Crippen LogP contribution in [0.4, 0.5) is 5.82 Å². The number of hydrogen-bond donors (Lipinski definition) is 1. The van der Waals surface area contributed by atoms with E-state index in [0.717, 1.165) is 48.4 Å². The van der Waals surface area contributed by atoms with Crippen LogP contribution in [0.25, 0.3) is 5.52 Å². The lowest BCUT2D eigenvalue weighted by atomic mass is 10.0. The smallest absolute Gasteiger partial charge is 0.154 e. The molecule has 24 heavy (non-hydrogen) atoms. The molecule has 1 N–H and O–H groups in total. The molecule has 2 aromatic heterocycles. The Hall–Kier alpha value is -1.92. The standard InChI is InChI=1S/C18H20BrN5/c19-17-7-6-16-18(20-13-21-24(16)17)22-15-8-10-23(11-9-15)12-14-4-2-1-3-5-14/h1-7,13,15H,8-12H2,(H,20,21,22). The van der Waals surface area contributed by atoms with Gasteiger partial charge in [0.15, 0.2) is 5.82 Å². The van der Waals surface area contributed by atoms with E-state index in [-0.39, 0.29) is 0 Å². The molecule has 3 aromatic rings. The number of piperidine rings is 1. The number of benzene rings is 1. The maximum absolute atomic E-state index is 4.42. The van der Waals surface area contributed by atoms with Crippen LogP contribution in [0.3, 0.4) is 0 Å². The number of halogens is 1. The van der Waals surface area contributed by atoms with Gasteiger partial charge in [-0.3, -0.25) is 4.90 Å². The van der Waals surface area contributed by atoms with E-state index in [2.05, 4.69) is 66.6 Å². The fraction of sp³-hybridized carbons (Fsp3) is 0.333. The summed E-state index contributed by atoms with van der Waals surface area (Å²) < 4.78 is 2.81. The minimum absolute atomic E-state index is 0.462. The average molecular weight is 386 g/mol. The third kappa shape index (κ3) is 3.30. The second-order valence-electron chi connectivity index (χ2n) is 6.24. The molecule has 0 atom stereocenters. The summed E-state index contributed by atoms with van der Waals surface area (Å²) in [7, 11) is 0. The van der Waals surface area contributed by atoms with Crippen LogP contribution in [-0.2, 0) is 6.54 Å². The average Bonchev–Trinajstić information content (AvgIpc) is 3.00. The highest BCUT2D eigenvalue weighted by Gasteiger charge is 2.20. The fourth-order valence-corrected chi connectivity index (χ4v) is 3.70. The van der Waals surface area contributed by atoms with Crippen molar-refractivity contribution in [1.82, 2.24) is 19.5 Å². The maximum atomic E-state index is 4.42. The third-order valence-electron chi connectivity index (χ3n) is 4.58. The Morgan fingerprint density at radius 1 is 1.08 bits per heavy atom. The number of likely N-dealkylation sites (tertiary alicyclic amines) is 1. The second-order valence-corrected chi connectivity index (χ2v) is 7.05. The number of nitrogens with zero attached hydrogens (tertiary/aromatic N) is 4. The highest BCUT2D eigenvalue weighted by molar-refractivity contribution is 9.10. The van der Waals surface area contributed by atoms with Gasteiger partial charge in [0.05, 0.1) is 0 Å². The van der Waals surface area contributed by atoms with Crippen molar-refractivity contribution in [2.24, 2.45) is 0 Å². The van der Waals surface area contributed by atoms with Crippen LogP contribution >= 0.6 is 15.9 Å². The van der Waals surface area contributed by atoms with Gasteiger partial charge in [-0.05, 0) is 46.5 Å². The van der Waals surface area contributed by atoms with E-state index in [0.29, 0.717) is 6.04 Å². The number of anilines is 1. The summed E-state index contributed by atoms with van der Waals surface area (Å²) in [5.41, 5.74) is 2.40. The Labute approximate surface area is 149 Å². The summed E-state index contributed by atoms with van der Waals surface area (Å²) in [4.78, 5) is 6.95. The SMILES string of the molecule is Brc1ccc2c(NC3CCN(Cc4ccccc4)CC3)ncnn12. The normalized spacial score (nSPS) is 16.5. The Bertz CT molecular complexity index is 809. The van der Waals surface area contributed by atoms with Crippen LogP contribution in [0.15, 0.2) is 53.4 Å². The Kier molecular flexibility index (Phi) is 4.49. The first-order chi connectivity index (χ1) is 11.8. The summed E-state index contributed by atoms with van der Waals surface area (Å²) in [5.74, 6) is 0.914. The molecule has 1 fully saturated rings. The van der Waals surface area contributed by atoms with E-state index in [1.165, 1.54) is 5.56 Å². The Balaban J connectivity index is 1.37. The first-order valence-electron chi connectivity index (χ1n) is 8.30. The monoisotopic (exact) mass is 385 g/mol. The molecule has 0 radical (unpaired) electrons. The molecule has 1 aliphatic heterocycles. The number of aromatic nitrogens is 3. The summed E-state index contributed by atoms with van der Waals surface area (Å²) in [6, 6.07) is 15.2. The Morgan fingerprint density at radius 3 is 2.67 bits per heavy atom. The fourth-order valence-electron chi connectivity index (χ4n) is 3.28. The van der Waals surface area contributed by atoms with Gasteiger partial charge in [0.25, 0.3) is 0 Å². The summed E-state index contributed by atoms with van der Waals surface area (Å²) in [6.45, 7) is 3.26. The topological polar surface area (TPSA) is 45.5 Å². The summed E-state index contributed by atoms with van der Waals surface area (Å²) >= 11 is 3.50. The highest BCUT2D eigenvalue weighted by atomic mass is 79.9. The Morgan fingerprint density at radius 2 is 1.88 bits per heavy atom. The third-order valence-corrected chi connectivity index (χ3v) is 5.18. The van der Waals surface area contributed by atoms with Crippen molar-refractivity contribution < 1.29 is 0 Å². The number of nitrogens with one attached hydrogen (secondary N) is 1. The van der Waals surface area contributed by atoms with E-state index in [9.17, 15) is 0 Å². The number of rotatable bonds is 4. The maximum Gasteiger partial charge on any atom is 0.154 e. The van der Waals surface area contributed by atoms with Crippen molar-refractivity contribution in [3.8, 4) is 0 Å². The molecule has 124 valence electrons. The number of hydrogen-bond acceptors (Lipinski definition) is 4. The van der Waals surface area contributed by atoms with Crippen LogP contribution in [0.1, 0.15) is 18.4 Å². The zero-order valence-electron chi connectivity index (χ0n) is 13.4. The van der Waals surface area contributed by atoms with Gasteiger partial charge in [0.2, 0.25) is 0 Å². The molecule has 0 aliphatic carbocycles. The van der Waals surface area contributed by atoms with Crippen LogP contribution in [0.2, 0.25) is 0 Å². The second kappa shape index (κ2) is 6.91. The van der Waals surface area contributed by atoms with E-state index in [4.69, 9.17) is 0 Å². The van der Waals surface area contributed by atoms with Crippen molar-refractivity contribution in [3.05, 3.63) is 59.0 Å². The zero-order chi connectivity index (χ0) is 16.4. The molecule has 1 saturated heterocycles. The molecule has 6 heteroatoms. The highest BCUT2D eigenvalue weighted by Crippen LogP contribution is 2.22. The minimum atomic E-state index is 0.462. The molecule has 1 aliphatic rings. The van der Waals surface area contributed by atoms with Crippen molar-refractivity contribution in [3.63, 3.8) is 0 Å². The first-order valence-corrected chi connectivity index (χ1v) is 9.10. The molecule has 4 rings (SSSR count). The van der Waals surface area contributed by atoms with E-state index >= 15 is 0 Å². The molecule has 0 unspecified atom stereocenters. The van der Waals surface area contributed by atoms with Crippen LogP contribution < -0.4 is 5.32 Å². The molecule has 5 nitrogen and oxygen atoms in total. The van der Waals surface area contributed by atoms with E-state index in [1.807, 2.05) is 16.6 Å². The zero-order valence-corrected chi connectivity index (χ0v) is 15.0. The van der Waals surface area contributed by atoms with Crippen molar-refractivity contribution in [2.75, 3.05) is 18.4 Å². The molecular weight excluding hydrogens is 366 g/mol. The lowest BCUT2D eigenvalue weighted by molar-refractivity contribution is 0.211. The molecule has 0 spiro atoms. The lowest BCUT2D eigenvalue weighted by Crippen LogP contribution is -2.38. The van der Waals surface area contributed by atoms with Crippen molar-refractivity contribution in [1.29, 1.82) is 0 Å². The lowest BCUT2D eigenvalue weighted by Gasteiger charge is -2.32. The van der Waals surface area contributed by atoms with E-state index in [1.54, 1.807) is 6.33 Å². The molecule has 3 heterocycles. The molecular formula is C18H20BrN5. The summed E-state index contributed by atoms with van der Waals surface area (Å²) in [5, 5.41) is 7.87. The quantitative estimate of drug-likeness (QED) is 0.745. The molecule has 0 bridgehead atoms. The summed E-state index contributed by atoms with van der Waals surface area (Å²) in [6.07, 6.45) is 3.86. The number of fused-ring (bicyclic) bond motifs is 1. The predicted octanol–water partition coefficient (Wildman–Crippen LogP) is 3.57. The molecule has 0 amide bonds. The van der Waals surface area contributed by atoms with Gasteiger partial charge in [0.1, 0.15) is 16.4 Å². The van der Waals surface area contributed by atoms with Gasteiger partial charge in [0, 0.05) is 25.7 Å².